The van der Waals surface area contributed by atoms with Crippen molar-refractivity contribution in [1.29, 1.82) is 0 Å². The van der Waals surface area contributed by atoms with Gasteiger partial charge < -0.3 is 15.4 Å². The largest absolute Gasteiger partial charge is 0.444 e. The third-order valence-corrected chi connectivity index (χ3v) is 5.33. The molecule has 1 aliphatic carbocycles. The van der Waals surface area contributed by atoms with Crippen molar-refractivity contribution in [3.8, 4) is 0 Å². The van der Waals surface area contributed by atoms with Crippen LogP contribution < -0.4 is 10.6 Å². The molecule has 2 heterocycles. The van der Waals surface area contributed by atoms with Crippen LogP contribution in [0.3, 0.4) is 0 Å². The maximum atomic E-state index is 12.4. The van der Waals surface area contributed by atoms with Crippen LogP contribution in [-0.4, -0.2) is 41.9 Å². The number of cyclic esters (lactones) is 1. The van der Waals surface area contributed by atoms with Gasteiger partial charge in [-0.25, -0.2) is 4.79 Å². The van der Waals surface area contributed by atoms with Crippen molar-refractivity contribution in [3.63, 3.8) is 0 Å². The zero-order valence-electron chi connectivity index (χ0n) is 12.9. The molecule has 1 aromatic carbocycles. The minimum atomic E-state index is -0.157. The van der Waals surface area contributed by atoms with E-state index in [4.69, 9.17) is 4.74 Å². The van der Waals surface area contributed by atoms with Crippen LogP contribution in [-0.2, 0) is 4.74 Å². The fraction of sp³-hybridized carbons (Fsp3) is 0.588. The Hall–Kier alpha value is -1.59. The van der Waals surface area contributed by atoms with Crippen LogP contribution >= 0.6 is 0 Å². The van der Waals surface area contributed by atoms with Crippen molar-refractivity contribution in [1.82, 2.24) is 15.5 Å². The molecule has 3 aliphatic rings. The van der Waals surface area contributed by atoms with Gasteiger partial charge in [0.05, 0.1) is 6.04 Å². The van der Waals surface area contributed by atoms with Crippen molar-refractivity contribution < 1.29 is 9.53 Å². The molecule has 0 radical (unpaired) electrons. The van der Waals surface area contributed by atoms with E-state index in [0.717, 1.165) is 25.9 Å². The van der Waals surface area contributed by atoms with Gasteiger partial charge in [0.2, 0.25) is 0 Å². The minimum Gasteiger partial charge on any atom is -0.444 e. The SMILES string of the molecule is C[C@@H]1OC(=O)N(C2CCC3NCNC3C2)[C@H]1c1ccccc1. The summed E-state index contributed by atoms with van der Waals surface area (Å²) in [6.45, 7) is 2.88. The molecule has 5 nitrogen and oxygen atoms in total. The molecule has 1 amide bonds. The standard InChI is InChI=1S/C17H23N3O2/c1-11-16(12-5-3-2-4-6-12)20(17(21)22-11)13-7-8-14-15(9-13)19-10-18-14/h2-6,11,13-16,18-19H,7-10H2,1H3/t11-,13?,14?,15?,16+/m0/s1. The van der Waals surface area contributed by atoms with E-state index in [2.05, 4.69) is 22.8 Å². The lowest BCUT2D eigenvalue weighted by atomic mass is 9.86. The van der Waals surface area contributed by atoms with Gasteiger partial charge in [0, 0.05) is 24.8 Å². The molecule has 5 heteroatoms. The fourth-order valence-corrected chi connectivity index (χ4v) is 4.27. The zero-order chi connectivity index (χ0) is 15.1. The highest BCUT2D eigenvalue weighted by molar-refractivity contribution is 5.71. The molecule has 2 saturated heterocycles. The number of amides is 1. The van der Waals surface area contributed by atoms with E-state index in [-0.39, 0.29) is 24.3 Å². The van der Waals surface area contributed by atoms with E-state index in [1.165, 1.54) is 5.56 Å². The fourth-order valence-electron chi connectivity index (χ4n) is 4.27. The molecule has 22 heavy (non-hydrogen) atoms. The lowest BCUT2D eigenvalue weighted by Crippen LogP contribution is -2.49. The van der Waals surface area contributed by atoms with Crippen LogP contribution in [0.15, 0.2) is 30.3 Å². The van der Waals surface area contributed by atoms with Crippen LogP contribution in [0.4, 0.5) is 4.79 Å². The molecule has 0 spiro atoms. The number of hydrogen-bond donors (Lipinski definition) is 2. The van der Waals surface area contributed by atoms with Gasteiger partial charge in [0.1, 0.15) is 6.10 Å². The smallest absolute Gasteiger partial charge is 0.411 e. The lowest BCUT2D eigenvalue weighted by molar-refractivity contribution is 0.121. The monoisotopic (exact) mass is 301 g/mol. The van der Waals surface area contributed by atoms with Gasteiger partial charge in [-0.05, 0) is 31.7 Å². The molecule has 2 N–H and O–H groups in total. The van der Waals surface area contributed by atoms with Gasteiger partial charge in [0.15, 0.2) is 0 Å². The highest BCUT2D eigenvalue weighted by Gasteiger charge is 2.46. The van der Waals surface area contributed by atoms with E-state index >= 15 is 0 Å². The van der Waals surface area contributed by atoms with Crippen LogP contribution in [0.2, 0.25) is 0 Å². The Morgan fingerprint density at radius 2 is 1.91 bits per heavy atom. The molecule has 118 valence electrons. The predicted octanol–water partition coefficient (Wildman–Crippen LogP) is 2.01. The summed E-state index contributed by atoms with van der Waals surface area (Å²) in [5.41, 5.74) is 1.17. The Bertz CT molecular complexity index is 550. The number of benzene rings is 1. The number of carbonyl (C=O) groups excluding carboxylic acids is 1. The summed E-state index contributed by atoms with van der Waals surface area (Å²) >= 11 is 0. The molecule has 4 rings (SSSR count). The molecule has 1 saturated carbocycles. The lowest BCUT2D eigenvalue weighted by Gasteiger charge is -2.38. The van der Waals surface area contributed by atoms with Crippen molar-refractivity contribution in [3.05, 3.63) is 35.9 Å². The van der Waals surface area contributed by atoms with Gasteiger partial charge >= 0.3 is 6.09 Å². The Kier molecular flexibility index (Phi) is 3.54. The molecular formula is C17H23N3O2. The number of hydrogen-bond acceptors (Lipinski definition) is 4. The topological polar surface area (TPSA) is 53.6 Å². The van der Waals surface area contributed by atoms with E-state index in [1.807, 2.05) is 30.0 Å². The maximum Gasteiger partial charge on any atom is 0.411 e. The predicted molar refractivity (Wildman–Crippen MR) is 83.3 cm³/mol. The van der Waals surface area contributed by atoms with Gasteiger partial charge in [-0.15, -0.1) is 0 Å². The van der Waals surface area contributed by atoms with Crippen LogP contribution in [0.25, 0.3) is 0 Å². The van der Waals surface area contributed by atoms with Crippen molar-refractivity contribution in [2.75, 3.05) is 6.67 Å². The Labute approximate surface area is 131 Å². The molecule has 1 aromatic rings. The second kappa shape index (κ2) is 5.56. The molecule has 2 aliphatic heterocycles. The molecule has 0 bridgehead atoms. The van der Waals surface area contributed by atoms with E-state index in [0.29, 0.717) is 12.1 Å². The van der Waals surface area contributed by atoms with Crippen molar-refractivity contribution >= 4 is 6.09 Å². The summed E-state index contributed by atoms with van der Waals surface area (Å²) in [6, 6.07) is 11.6. The average Bonchev–Trinajstić information content (AvgIpc) is 3.11. The first-order chi connectivity index (χ1) is 10.7. The molecule has 5 atom stereocenters. The molecule has 0 aromatic heterocycles. The summed E-state index contributed by atoms with van der Waals surface area (Å²) in [7, 11) is 0. The third kappa shape index (κ3) is 2.29. The first kappa shape index (κ1) is 14.0. The number of rotatable bonds is 2. The van der Waals surface area contributed by atoms with Crippen LogP contribution in [0.5, 0.6) is 0 Å². The average molecular weight is 301 g/mol. The van der Waals surface area contributed by atoms with Crippen molar-refractivity contribution in [2.24, 2.45) is 0 Å². The Morgan fingerprint density at radius 1 is 1.14 bits per heavy atom. The van der Waals surface area contributed by atoms with Gasteiger partial charge in [-0.2, -0.15) is 0 Å². The summed E-state index contributed by atoms with van der Waals surface area (Å²) in [5.74, 6) is 0. The second-order valence-electron chi connectivity index (χ2n) is 6.62. The number of nitrogens with one attached hydrogen (secondary N) is 2. The molecular weight excluding hydrogens is 278 g/mol. The molecule has 3 unspecified atom stereocenters. The summed E-state index contributed by atoms with van der Waals surface area (Å²) < 4.78 is 5.56. The maximum absolute atomic E-state index is 12.4. The van der Waals surface area contributed by atoms with Crippen LogP contribution in [0, 0.1) is 0 Å². The number of nitrogens with zero attached hydrogens (tertiary/aromatic N) is 1. The van der Waals surface area contributed by atoms with Crippen LogP contribution in [0.1, 0.15) is 37.8 Å². The van der Waals surface area contributed by atoms with Gasteiger partial charge in [-0.1, -0.05) is 30.3 Å². The molecule has 3 fully saturated rings. The van der Waals surface area contributed by atoms with E-state index in [9.17, 15) is 4.79 Å². The first-order valence-corrected chi connectivity index (χ1v) is 8.24. The number of carbonyl (C=O) groups is 1. The quantitative estimate of drug-likeness (QED) is 0.877. The normalized spacial score (nSPS) is 38.0. The summed E-state index contributed by atoms with van der Waals surface area (Å²) in [5, 5.41) is 6.99. The van der Waals surface area contributed by atoms with E-state index in [1.54, 1.807) is 0 Å². The summed E-state index contributed by atoms with van der Waals surface area (Å²) in [4.78, 5) is 14.4. The van der Waals surface area contributed by atoms with Crippen molar-refractivity contribution in [2.45, 2.75) is 56.5 Å². The summed E-state index contributed by atoms with van der Waals surface area (Å²) in [6.07, 6.45) is 2.91. The highest BCUT2D eigenvalue weighted by atomic mass is 16.6. The number of fused-ring (bicyclic) bond motifs is 1. The Morgan fingerprint density at radius 3 is 2.73 bits per heavy atom. The zero-order valence-corrected chi connectivity index (χ0v) is 12.9. The van der Waals surface area contributed by atoms with Gasteiger partial charge in [0.25, 0.3) is 0 Å². The third-order valence-electron chi connectivity index (χ3n) is 5.33. The minimum absolute atomic E-state index is 0.0320. The first-order valence-electron chi connectivity index (χ1n) is 8.24. The van der Waals surface area contributed by atoms with Gasteiger partial charge in [-0.3, -0.25) is 4.90 Å². The number of ether oxygens (including phenoxy) is 1. The Balaban J connectivity index is 1.59. The highest BCUT2D eigenvalue weighted by Crippen LogP contribution is 2.38. The second-order valence-corrected chi connectivity index (χ2v) is 6.62. The van der Waals surface area contributed by atoms with E-state index < -0.39 is 0 Å².